The van der Waals surface area contributed by atoms with Crippen molar-refractivity contribution < 1.29 is 14.6 Å². The van der Waals surface area contributed by atoms with Gasteiger partial charge in [-0.2, -0.15) is 0 Å². The second kappa shape index (κ2) is 7.88. The van der Waals surface area contributed by atoms with E-state index in [1.807, 2.05) is 41.9 Å². The SMILES string of the molecule is COc1cc(Nc2nc(-c3cnc4c(c3)CCCO4)cn3ccnc23)ccc1N1CC(C)(O)C1. The molecule has 0 amide bonds. The Labute approximate surface area is 197 Å². The summed E-state index contributed by atoms with van der Waals surface area (Å²) in [7, 11) is 1.65. The van der Waals surface area contributed by atoms with Crippen molar-refractivity contribution in [1.29, 1.82) is 0 Å². The lowest BCUT2D eigenvalue weighted by molar-refractivity contribution is 0.0308. The molecule has 34 heavy (non-hydrogen) atoms. The molecule has 1 aromatic carbocycles. The van der Waals surface area contributed by atoms with Crippen LogP contribution in [0.5, 0.6) is 11.6 Å². The lowest BCUT2D eigenvalue weighted by Gasteiger charge is -2.46. The minimum Gasteiger partial charge on any atom is -0.495 e. The molecule has 3 aromatic heterocycles. The third-order valence-corrected chi connectivity index (χ3v) is 6.27. The second-order valence-electron chi connectivity index (χ2n) is 9.14. The van der Waals surface area contributed by atoms with E-state index in [-0.39, 0.29) is 0 Å². The smallest absolute Gasteiger partial charge is 0.216 e. The average Bonchev–Trinajstić information content (AvgIpc) is 3.31. The average molecular weight is 459 g/mol. The van der Waals surface area contributed by atoms with Crippen LogP contribution in [0.1, 0.15) is 18.9 Å². The van der Waals surface area contributed by atoms with Crippen molar-refractivity contribution in [3.8, 4) is 22.9 Å². The van der Waals surface area contributed by atoms with E-state index in [0.717, 1.165) is 52.4 Å². The molecule has 2 aliphatic rings. The number of aromatic nitrogens is 4. The van der Waals surface area contributed by atoms with Gasteiger partial charge in [-0.3, -0.25) is 0 Å². The highest BCUT2D eigenvalue weighted by Crippen LogP contribution is 2.37. The van der Waals surface area contributed by atoms with Crippen LogP contribution in [0.4, 0.5) is 17.2 Å². The summed E-state index contributed by atoms with van der Waals surface area (Å²) in [4.78, 5) is 16.0. The number of nitrogens with zero attached hydrogens (tertiary/aromatic N) is 5. The Kier molecular flexibility index (Phi) is 4.80. The van der Waals surface area contributed by atoms with E-state index in [0.29, 0.717) is 31.4 Å². The minimum absolute atomic E-state index is 0.578. The number of aryl methyl sites for hydroxylation is 1. The van der Waals surface area contributed by atoms with Crippen LogP contribution >= 0.6 is 0 Å². The third-order valence-electron chi connectivity index (χ3n) is 6.27. The summed E-state index contributed by atoms with van der Waals surface area (Å²) in [5.74, 6) is 2.08. The molecule has 0 radical (unpaired) electrons. The summed E-state index contributed by atoms with van der Waals surface area (Å²) in [5.41, 5.74) is 4.68. The lowest BCUT2D eigenvalue weighted by Crippen LogP contribution is -2.60. The fraction of sp³-hybridized carbons (Fsp3) is 0.320. The van der Waals surface area contributed by atoms with Crippen molar-refractivity contribution in [3.05, 3.63) is 54.6 Å². The van der Waals surface area contributed by atoms with Gasteiger partial charge in [0.2, 0.25) is 5.88 Å². The summed E-state index contributed by atoms with van der Waals surface area (Å²) in [6.07, 6.45) is 9.36. The Bertz CT molecular complexity index is 1370. The molecule has 0 atom stereocenters. The quantitative estimate of drug-likeness (QED) is 0.470. The lowest BCUT2D eigenvalue weighted by atomic mass is 9.96. The predicted octanol–water partition coefficient (Wildman–Crippen LogP) is 3.44. The molecule has 5 heterocycles. The topological polar surface area (TPSA) is 97.0 Å². The summed E-state index contributed by atoms with van der Waals surface area (Å²) in [6, 6.07) is 8.02. The maximum Gasteiger partial charge on any atom is 0.216 e. The van der Waals surface area contributed by atoms with Gasteiger partial charge in [-0.15, -0.1) is 0 Å². The molecule has 4 aromatic rings. The van der Waals surface area contributed by atoms with Crippen molar-refractivity contribution in [2.75, 3.05) is 37.0 Å². The van der Waals surface area contributed by atoms with Crippen LogP contribution in [-0.2, 0) is 6.42 Å². The summed E-state index contributed by atoms with van der Waals surface area (Å²) >= 11 is 0. The van der Waals surface area contributed by atoms with Gasteiger partial charge in [0.15, 0.2) is 11.5 Å². The number of imidazole rings is 1. The fourth-order valence-corrected chi connectivity index (χ4v) is 4.63. The molecule has 0 aliphatic carbocycles. The number of ether oxygens (including phenoxy) is 2. The molecule has 0 spiro atoms. The van der Waals surface area contributed by atoms with E-state index in [2.05, 4.69) is 26.3 Å². The Morgan fingerprint density at radius 2 is 2.09 bits per heavy atom. The van der Waals surface area contributed by atoms with Crippen LogP contribution in [0, 0.1) is 0 Å². The number of pyridine rings is 1. The number of fused-ring (bicyclic) bond motifs is 2. The van der Waals surface area contributed by atoms with Gasteiger partial charge in [0.1, 0.15) is 5.75 Å². The number of methoxy groups -OCH3 is 1. The third kappa shape index (κ3) is 3.67. The first kappa shape index (κ1) is 20.7. The van der Waals surface area contributed by atoms with Crippen molar-refractivity contribution in [2.24, 2.45) is 0 Å². The number of β-amino-alcohol motifs (C(OH)–C–C–N with tert-alkyl or cyclic N) is 1. The zero-order chi connectivity index (χ0) is 23.3. The van der Waals surface area contributed by atoms with Crippen LogP contribution < -0.4 is 19.7 Å². The van der Waals surface area contributed by atoms with Gasteiger partial charge in [0.05, 0.1) is 30.7 Å². The van der Waals surface area contributed by atoms with Crippen LogP contribution in [0.3, 0.4) is 0 Å². The van der Waals surface area contributed by atoms with E-state index in [1.165, 1.54) is 0 Å². The number of hydrogen-bond donors (Lipinski definition) is 2. The number of rotatable bonds is 5. The monoisotopic (exact) mass is 458 g/mol. The maximum absolute atomic E-state index is 10.1. The summed E-state index contributed by atoms with van der Waals surface area (Å²) in [6.45, 7) is 3.71. The zero-order valence-corrected chi connectivity index (χ0v) is 19.2. The van der Waals surface area contributed by atoms with Gasteiger partial charge in [0.25, 0.3) is 0 Å². The largest absolute Gasteiger partial charge is 0.495 e. The highest BCUT2D eigenvalue weighted by atomic mass is 16.5. The molecule has 1 fully saturated rings. The van der Waals surface area contributed by atoms with E-state index in [1.54, 1.807) is 19.5 Å². The van der Waals surface area contributed by atoms with Gasteiger partial charge < -0.3 is 29.2 Å². The normalized spacial score (nSPS) is 16.5. The minimum atomic E-state index is -0.657. The molecular formula is C25H26N6O3. The van der Waals surface area contributed by atoms with Crippen molar-refractivity contribution in [2.45, 2.75) is 25.4 Å². The van der Waals surface area contributed by atoms with Crippen LogP contribution in [-0.4, -0.2) is 56.9 Å². The summed E-state index contributed by atoms with van der Waals surface area (Å²) < 4.78 is 13.3. The maximum atomic E-state index is 10.1. The van der Waals surface area contributed by atoms with Gasteiger partial charge in [-0.25, -0.2) is 15.0 Å². The number of nitrogens with one attached hydrogen (secondary N) is 1. The predicted molar refractivity (Wildman–Crippen MR) is 129 cm³/mol. The molecule has 2 aliphatic heterocycles. The van der Waals surface area contributed by atoms with E-state index in [9.17, 15) is 5.11 Å². The first-order valence-electron chi connectivity index (χ1n) is 11.4. The van der Waals surface area contributed by atoms with Gasteiger partial charge in [-0.05, 0) is 38.0 Å². The van der Waals surface area contributed by atoms with Crippen molar-refractivity contribution >= 4 is 22.8 Å². The first-order valence-corrected chi connectivity index (χ1v) is 11.4. The Balaban J connectivity index is 1.34. The number of anilines is 3. The number of aliphatic hydroxyl groups is 1. The van der Waals surface area contributed by atoms with Crippen LogP contribution in [0.15, 0.2) is 49.1 Å². The standard InChI is InChI=1S/C25H26N6O3/c1-25(32)14-31(15-25)20-6-5-18(11-21(20)33-2)28-22-23-26-7-8-30(23)13-19(29-22)17-10-16-4-3-9-34-24(16)27-12-17/h5-8,10-13,32H,3-4,9,14-15H2,1-2H3,(H,28,29). The summed E-state index contributed by atoms with van der Waals surface area (Å²) in [5, 5.41) is 13.5. The molecule has 174 valence electrons. The molecule has 0 saturated carbocycles. The van der Waals surface area contributed by atoms with Crippen molar-refractivity contribution in [3.63, 3.8) is 0 Å². The fourth-order valence-electron chi connectivity index (χ4n) is 4.63. The van der Waals surface area contributed by atoms with E-state index in [4.69, 9.17) is 14.5 Å². The molecule has 0 unspecified atom stereocenters. The van der Waals surface area contributed by atoms with Crippen LogP contribution in [0.2, 0.25) is 0 Å². The molecule has 0 bridgehead atoms. The molecule has 2 N–H and O–H groups in total. The molecule has 1 saturated heterocycles. The van der Waals surface area contributed by atoms with Crippen LogP contribution in [0.25, 0.3) is 16.9 Å². The van der Waals surface area contributed by atoms with E-state index >= 15 is 0 Å². The molecular weight excluding hydrogens is 432 g/mol. The Morgan fingerprint density at radius 3 is 2.91 bits per heavy atom. The molecule has 9 nitrogen and oxygen atoms in total. The Morgan fingerprint density at radius 1 is 1.21 bits per heavy atom. The van der Waals surface area contributed by atoms with Gasteiger partial charge >= 0.3 is 0 Å². The molecule has 6 rings (SSSR count). The van der Waals surface area contributed by atoms with Gasteiger partial charge in [-0.1, -0.05) is 0 Å². The second-order valence-corrected chi connectivity index (χ2v) is 9.14. The zero-order valence-electron chi connectivity index (χ0n) is 19.2. The number of hydrogen-bond acceptors (Lipinski definition) is 8. The van der Waals surface area contributed by atoms with Gasteiger partial charge in [0, 0.05) is 60.8 Å². The van der Waals surface area contributed by atoms with Crippen molar-refractivity contribution in [1.82, 2.24) is 19.4 Å². The van der Waals surface area contributed by atoms with E-state index < -0.39 is 5.60 Å². The number of benzene rings is 1. The highest BCUT2D eigenvalue weighted by molar-refractivity contribution is 5.76. The first-order chi connectivity index (χ1) is 16.5. The Hall–Kier alpha value is -3.85. The molecule has 9 heteroatoms. The highest BCUT2D eigenvalue weighted by Gasteiger charge is 2.37.